The number of hydrogen-bond acceptors (Lipinski definition) is 3. The quantitative estimate of drug-likeness (QED) is 0.372. The molecule has 1 aliphatic heterocycles. The van der Waals surface area contributed by atoms with Crippen LogP contribution in [-0.2, 0) is 10.3 Å². The van der Waals surface area contributed by atoms with Gasteiger partial charge in [-0.25, -0.2) is 0 Å². The summed E-state index contributed by atoms with van der Waals surface area (Å²) in [6, 6.07) is 0. The van der Waals surface area contributed by atoms with Crippen molar-refractivity contribution in [1.82, 2.24) is 4.31 Å². The minimum atomic E-state index is -4.18. The van der Waals surface area contributed by atoms with E-state index < -0.39 is 16.4 Å². The molecule has 0 unspecified atom stereocenters. The van der Waals surface area contributed by atoms with Gasteiger partial charge in [-0.3, -0.25) is 4.55 Å². The van der Waals surface area contributed by atoms with Crippen molar-refractivity contribution in [2.45, 2.75) is 6.10 Å². The Hall–Kier alpha value is -0.250. The van der Waals surface area contributed by atoms with Crippen LogP contribution in [0.2, 0.25) is 0 Å². The number of quaternary nitrogens is 2. The summed E-state index contributed by atoms with van der Waals surface area (Å²) in [5.74, 6) is 0. The van der Waals surface area contributed by atoms with Crippen molar-refractivity contribution in [3.8, 4) is 0 Å². The highest BCUT2D eigenvalue weighted by atomic mass is 32.2. The van der Waals surface area contributed by atoms with Gasteiger partial charge in [0.2, 0.25) is 0 Å². The van der Waals surface area contributed by atoms with Gasteiger partial charge < -0.3 is 15.3 Å². The van der Waals surface area contributed by atoms with E-state index in [1.807, 2.05) is 0 Å². The highest BCUT2D eigenvalue weighted by molar-refractivity contribution is 7.83. The van der Waals surface area contributed by atoms with Gasteiger partial charge in [0, 0.05) is 13.6 Å². The topological polar surface area (TPSA) is 98.9 Å². The first-order chi connectivity index (χ1) is 7.39. The second kappa shape index (κ2) is 5.89. The molecule has 5 N–H and O–H groups in total. The van der Waals surface area contributed by atoms with E-state index in [9.17, 15) is 13.5 Å². The molecule has 0 bridgehead atoms. The Labute approximate surface area is 95.9 Å². The van der Waals surface area contributed by atoms with Gasteiger partial charge in [0.15, 0.2) is 0 Å². The predicted molar refractivity (Wildman–Crippen MR) is 57.4 cm³/mol. The fourth-order valence-electron chi connectivity index (χ4n) is 1.87. The first-order valence-electron chi connectivity index (χ1n) is 5.41. The van der Waals surface area contributed by atoms with Crippen molar-refractivity contribution in [3.63, 3.8) is 0 Å². The SMILES string of the molecule is CN(C[C@H](O)C[NH+]1CC[NH2+]CC1)S(=O)(=O)O. The Morgan fingerprint density at radius 2 is 2.00 bits per heavy atom. The van der Waals surface area contributed by atoms with Crippen molar-refractivity contribution in [1.29, 1.82) is 0 Å². The zero-order valence-electron chi connectivity index (χ0n) is 9.46. The summed E-state index contributed by atoms with van der Waals surface area (Å²) >= 11 is 0. The van der Waals surface area contributed by atoms with Crippen LogP contribution >= 0.6 is 0 Å². The maximum absolute atomic E-state index is 10.7. The van der Waals surface area contributed by atoms with Gasteiger partial charge in [-0.05, 0) is 0 Å². The van der Waals surface area contributed by atoms with E-state index in [-0.39, 0.29) is 6.54 Å². The molecule has 1 aliphatic rings. The molecule has 8 heteroatoms. The van der Waals surface area contributed by atoms with Gasteiger partial charge >= 0.3 is 10.3 Å². The molecule has 1 fully saturated rings. The number of hydrogen-bond donors (Lipinski definition) is 4. The summed E-state index contributed by atoms with van der Waals surface area (Å²) in [4.78, 5) is 1.28. The van der Waals surface area contributed by atoms with Crippen molar-refractivity contribution < 1.29 is 28.3 Å². The van der Waals surface area contributed by atoms with Gasteiger partial charge in [0.25, 0.3) is 0 Å². The van der Waals surface area contributed by atoms with E-state index in [1.54, 1.807) is 0 Å². The third kappa shape index (κ3) is 4.73. The third-order valence-corrected chi connectivity index (χ3v) is 3.73. The average molecular weight is 255 g/mol. The molecule has 1 heterocycles. The van der Waals surface area contributed by atoms with Gasteiger partial charge in [0.05, 0.1) is 0 Å². The Kier molecular flexibility index (Phi) is 5.09. The van der Waals surface area contributed by atoms with E-state index in [4.69, 9.17) is 4.55 Å². The number of aliphatic hydroxyl groups excluding tert-OH is 1. The molecule has 0 aromatic carbocycles. The molecular formula is C8H21N3O4S+2. The van der Waals surface area contributed by atoms with E-state index in [1.165, 1.54) is 11.9 Å². The maximum Gasteiger partial charge on any atom is 0.335 e. The largest absolute Gasteiger partial charge is 0.386 e. The molecular weight excluding hydrogens is 234 g/mol. The number of nitrogens with one attached hydrogen (secondary N) is 1. The molecule has 7 nitrogen and oxygen atoms in total. The van der Waals surface area contributed by atoms with Gasteiger partial charge in [-0.15, -0.1) is 0 Å². The zero-order chi connectivity index (χ0) is 12.2. The Bertz CT molecular complexity index is 302. The molecule has 96 valence electrons. The molecule has 1 saturated heterocycles. The number of nitrogens with two attached hydrogens (primary N) is 1. The summed E-state index contributed by atoms with van der Waals surface area (Å²) in [6.45, 7) is 4.49. The molecule has 0 saturated carbocycles. The fourth-order valence-corrected chi connectivity index (χ4v) is 2.24. The van der Waals surface area contributed by atoms with Crippen LogP contribution in [0.3, 0.4) is 0 Å². The molecule has 1 atom stereocenters. The van der Waals surface area contributed by atoms with Crippen LogP contribution in [0.4, 0.5) is 0 Å². The van der Waals surface area contributed by atoms with Crippen molar-refractivity contribution >= 4 is 10.3 Å². The second-order valence-electron chi connectivity index (χ2n) is 4.23. The van der Waals surface area contributed by atoms with Crippen LogP contribution in [0.15, 0.2) is 0 Å². The molecule has 0 radical (unpaired) electrons. The Morgan fingerprint density at radius 1 is 1.44 bits per heavy atom. The number of likely N-dealkylation sites (N-methyl/N-ethyl adjacent to an activating group) is 1. The molecule has 0 spiro atoms. The number of aliphatic hydroxyl groups is 1. The van der Waals surface area contributed by atoms with Crippen LogP contribution in [0, 0.1) is 0 Å². The normalized spacial score (nSPS) is 21.2. The van der Waals surface area contributed by atoms with Gasteiger partial charge in [-0.1, -0.05) is 0 Å². The molecule has 0 aromatic heterocycles. The summed E-state index contributed by atoms with van der Waals surface area (Å²) < 4.78 is 30.9. The number of rotatable bonds is 5. The minimum absolute atomic E-state index is 0.0634. The van der Waals surface area contributed by atoms with E-state index >= 15 is 0 Å². The average Bonchev–Trinajstić information content (AvgIpc) is 2.17. The monoisotopic (exact) mass is 255 g/mol. The lowest BCUT2D eigenvalue weighted by Gasteiger charge is -2.25. The predicted octanol–water partition coefficient (Wildman–Crippen LogP) is -4.46. The Morgan fingerprint density at radius 3 is 2.50 bits per heavy atom. The van der Waals surface area contributed by atoms with Gasteiger partial charge in [0.1, 0.15) is 38.8 Å². The number of nitrogens with zero attached hydrogens (tertiary/aromatic N) is 1. The smallest absolute Gasteiger partial charge is 0.335 e. The molecule has 0 amide bonds. The van der Waals surface area contributed by atoms with Crippen LogP contribution in [0.1, 0.15) is 0 Å². The van der Waals surface area contributed by atoms with Crippen LogP contribution in [-0.4, -0.2) is 74.8 Å². The van der Waals surface area contributed by atoms with E-state index in [0.29, 0.717) is 6.54 Å². The van der Waals surface area contributed by atoms with Crippen LogP contribution in [0.25, 0.3) is 0 Å². The fraction of sp³-hybridized carbons (Fsp3) is 1.00. The van der Waals surface area contributed by atoms with Crippen LogP contribution in [0.5, 0.6) is 0 Å². The maximum atomic E-state index is 10.7. The zero-order valence-corrected chi connectivity index (χ0v) is 10.3. The van der Waals surface area contributed by atoms with E-state index in [2.05, 4.69) is 5.32 Å². The molecule has 1 rings (SSSR count). The second-order valence-corrected chi connectivity index (χ2v) is 5.75. The lowest BCUT2D eigenvalue weighted by atomic mass is 10.3. The van der Waals surface area contributed by atoms with Crippen LogP contribution < -0.4 is 10.2 Å². The third-order valence-electron chi connectivity index (χ3n) is 2.79. The molecule has 0 aromatic rings. The summed E-state index contributed by atoms with van der Waals surface area (Å²) in [5.41, 5.74) is 0. The lowest BCUT2D eigenvalue weighted by molar-refractivity contribution is -0.949. The van der Waals surface area contributed by atoms with Crippen molar-refractivity contribution in [2.75, 3.05) is 46.3 Å². The van der Waals surface area contributed by atoms with Gasteiger partial charge in [-0.2, -0.15) is 12.7 Å². The minimum Gasteiger partial charge on any atom is -0.386 e. The molecule has 0 aliphatic carbocycles. The Balaban J connectivity index is 2.32. The molecule has 16 heavy (non-hydrogen) atoms. The highest BCUT2D eigenvalue weighted by Crippen LogP contribution is 1.93. The first-order valence-corrected chi connectivity index (χ1v) is 6.81. The number of piperazine rings is 1. The summed E-state index contributed by atoms with van der Waals surface area (Å²) in [6.07, 6.45) is -0.736. The first kappa shape index (κ1) is 13.8. The highest BCUT2D eigenvalue weighted by Gasteiger charge is 2.23. The van der Waals surface area contributed by atoms with Crippen molar-refractivity contribution in [2.24, 2.45) is 0 Å². The summed E-state index contributed by atoms with van der Waals surface area (Å²) in [5, 5.41) is 11.9. The van der Waals surface area contributed by atoms with E-state index in [0.717, 1.165) is 30.5 Å². The standard InChI is InChI=1S/C8H19N3O4S/c1-10(16(13,14)15)6-8(12)7-11-4-2-9-3-5-11/h8-9,12H,2-7H2,1H3,(H,13,14,15)/p+2/t8-/m0/s1. The summed E-state index contributed by atoms with van der Waals surface area (Å²) in [7, 11) is -2.93. The van der Waals surface area contributed by atoms with Crippen molar-refractivity contribution in [3.05, 3.63) is 0 Å². The lowest BCUT2D eigenvalue weighted by Crippen LogP contribution is -3.21.